The summed E-state index contributed by atoms with van der Waals surface area (Å²) in [5.74, 6) is -1.14. The van der Waals surface area contributed by atoms with E-state index < -0.39 is 12.2 Å². The number of carbonyl (C=O) groups is 3. The van der Waals surface area contributed by atoms with Gasteiger partial charge < -0.3 is 9.47 Å². The number of ketones is 1. The standard InChI is InChI=1S/C17H30O5/c1-5-7-9-11-15(18)21-13(3)17(20)14(4)22-16(19)12-10-8-6-2/h13-14H,5-12H2,1-4H3. The van der Waals surface area contributed by atoms with Gasteiger partial charge in [0, 0.05) is 12.8 Å². The molecule has 0 saturated carbocycles. The van der Waals surface area contributed by atoms with Gasteiger partial charge in [-0.25, -0.2) is 0 Å². The van der Waals surface area contributed by atoms with Crippen LogP contribution in [0.3, 0.4) is 0 Å². The molecule has 128 valence electrons. The molecule has 5 nitrogen and oxygen atoms in total. The van der Waals surface area contributed by atoms with Gasteiger partial charge in [-0.15, -0.1) is 0 Å². The Kier molecular flexibility index (Phi) is 11.4. The maximum Gasteiger partial charge on any atom is 0.306 e. The molecule has 0 aromatic heterocycles. The molecule has 0 aliphatic carbocycles. The molecule has 0 fully saturated rings. The van der Waals surface area contributed by atoms with Gasteiger partial charge in [0.15, 0.2) is 12.2 Å². The van der Waals surface area contributed by atoms with E-state index in [0.717, 1.165) is 38.5 Å². The predicted octanol–water partition coefficient (Wildman–Crippen LogP) is 3.58. The van der Waals surface area contributed by atoms with Gasteiger partial charge in [0.05, 0.1) is 0 Å². The Morgan fingerprint density at radius 1 is 0.727 bits per heavy atom. The average Bonchev–Trinajstić information content (AvgIpc) is 2.46. The summed E-state index contributed by atoms with van der Waals surface area (Å²) in [6.45, 7) is 7.13. The van der Waals surface area contributed by atoms with Crippen molar-refractivity contribution < 1.29 is 23.9 Å². The molecule has 0 amide bonds. The molecule has 0 radical (unpaired) electrons. The quantitative estimate of drug-likeness (QED) is 0.407. The maximum atomic E-state index is 12.0. The summed E-state index contributed by atoms with van der Waals surface area (Å²) in [4.78, 5) is 35.2. The molecule has 2 atom stereocenters. The second-order valence-electron chi connectivity index (χ2n) is 5.58. The molecule has 5 heteroatoms. The summed E-state index contributed by atoms with van der Waals surface area (Å²) >= 11 is 0. The first kappa shape index (κ1) is 20.6. The zero-order chi connectivity index (χ0) is 17.0. The monoisotopic (exact) mass is 314 g/mol. The Hall–Kier alpha value is -1.39. The van der Waals surface area contributed by atoms with E-state index >= 15 is 0 Å². The van der Waals surface area contributed by atoms with Gasteiger partial charge in [0.2, 0.25) is 5.78 Å². The molecular formula is C17H30O5. The van der Waals surface area contributed by atoms with Gasteiger partial charge in [-0.2, -0.15) is 0 Å². The van der Waals surface area contributed by atoms with Gasteiger partial charge in [0.1, 0.15) is 0 Å². The molecule has 0 aliphatic heterocycles. The average molecular weight is 314 g/mol. The Balaban J connectivity index is 4.09. The van der Waals surface area contributed by atoms with Crippen molar-refractivity contribution in [2.75, 3.05) is 0 Å². The minimum atomic E-state index is -0.882. The molecule has 0 spiro atoms. The van der Waals surface area contributed by atoms with Crippen LogP contribution in [0.5, 0.6) is 0 Å². The van der Waals surface area contributed by atoms with Crippen LogP contribution < -0.4 is 0 Å². The topological polar surface area (TPSA) is 69.7 Å². The van der Waals surface area contributed by atoms with Crippen LogP contribution in [0.25, 0.3) is 0 Å². The van der Waals surface area contributed by atoms with Crippen molar-refractivity contribution >= 4 is 17.7 Å². The van der Waals surface area contributed by atoms with Crippen LogP contribution in [-0.4, -0.2) is 29.9 Å². The molecule has 0 saturated heterocycles. The molecule has 0 aliphatic rings. The molecular weight excluding hydrogens is 284 g/mol. The first-order chi connectivity index (χ1) is 10.4. The van der Waals surface area contributed by atoms with Crippen molar-refractivity contribution in [2.24, 2.45) is 0 Å². The van der Waals surface area contributed by atoms with Crippen molar-refractivity contribution in [3.8, 4) is 0 Å². The zero-order valence-electron chi connectivity index (χ0n) is 14.4. The lowest BCUT2D eigenvalue weighted by Gasteiger charge is -2.17. The van der Waals surface area contributed by atoms with E-state index in [0.29, 0.717) is 12.8 Å². The summed E-state index contributed by atoms with van der Waals surface area (Å²) in [6.07, 6.45) is 4.36. The summed E-state index contributed by atoms with van der Waals surface area (Å²) in [6, 6.07) is 0. The van der Waals surface area contributed by atoms with Gasteiger partial charge in [-0.3, -0.25) is 14.4 Å². The smallest absolute Gasteiger partial charge is 0.306 e. The molecule has 0 bridgehead atoms. The molecule has 0 aromatic rings. The second-order valence-corrected chi connectivity index (χ2v) is 5.58. The number of esters is 2. The van der Waals surface area contributed by atoms with Crippen LogP contribution in [0.2, 0.25) is 0 Å². The number of Topliss-reactive ketones (excluding diaryl/α,β-unsaturated/α-hetero) is 1. The van der Waals surface area contributed by atoms with E-state index in [1.807, 2.05) is 13.8 Å². The lowest BCUT2D eigenvalue weighted by atomic mass is 10.1. The molecule has 0 aromatic carbocycles. The molecule has 0 rings (SSSR count). The fourth-order valence-electron chi connectivity index (χ4n) is 2.00. The fraction of sp³-hybridized carbons (Fsp3) is 0.824. The highest BCUT2D eigenvalue weighted by Gasteiger charge is 2.25. The second kappa shape index (κ2) is 12.2. The predicted molar refractivity (Wildman–Crippen MR) is 84.4 cm³/mol. The van der Waals surface area contributed by atoms with Crippen molar-refractivity contribution in [2.45, 2.75) is 91.3 Å². The highest BCUT2D eigenvalue weighted by molar-refractivity contribution is 5.90. The Labute approximate surface area is 133 Å². The van der Waals surface area contributed by atoms with Gasteiger partial charge >= 0.3 is 11.9 Å². The van der Waals surface area contributed by atoms with Crippen molar-refractivity contribution in [3.05, 3.63) is 0 Å². The first-order valence-electron chi connectivity index (χ1n) is 8.35. The van der Waals surface area contributed by atoms with E-state index in [2.05, 4.69) is 0 Å². The van der Waals surface area contributed by atoms with Crippen LogP contribution in [0.15, 0.2) is 0 Å². The van der Waals surface area contributed by atoms with Crippen LogP contribution in [-0.2, 0) is 23.9 Å². The number of hydrogen-bond donors (Lipinski definition) is 0. The Morgan fingerprint density at radius 2 is 1.09 bits per heavy atom. The van der Waals surface area contributed by atoms with Crippen LogP contribution in [0.1, 0.15) is 79.1 Å². The van der Waals surface area contributed by atoms with E-state index in [1.54, 1.807) is 0 Å². The highest BCUT2D eigenvalue weighted by atomic mass is 16.6. The Morgan fingerprint density at radius 3 is 1.41 bits per heavy atom. The molecule has 2 unspecified atom stereocenters. The highest BCUT2D eigenvalue weighted by Crippen LogP contribution is 2.08. The number of ether oxygens (including phenoxy) is 2. The van der Waals surface area contributed by atoms with Gasteiger partial charge in [0.25, 0.3) is 0 Å². The van der Waals surface area contributed by atoms with Crippen molar-refractivity contribution in [1.29, 1.82) is 0 Å². The van der Waals surface area contributed by atoms with E-state index in [9.17, 15) is 14.4 Å². The summed E-state index contributed by atoms with van der Waals surface area (Å²) in [7, 11) is 0. The van der Waals surface area contributed by atoms with E-state index in [4.69, 9.17) is 9.47 Å². The molecule has 22 heavy (non-hydrogen) atoms. The summed E-state index contributed by atoms with van der Waals surface area (Å²) in [5.41, 5.74) is 0. The lowest BCUT2D eigenvalue weighted by molar-refractivity contribution is -0.162. The fourth-order valence-corrected chi connectivity index (χ4v) is 2.00. The van der Waals surface area contributed by atoms with Crippen LogP contribution >= 0.6 is 0 Å². The Bertz CT molecular complexity index is 319. The SMILES string of the molecule is CCCCCC(=O)OC(C)C(=O)C(C)OC(=O)CCCCC. The van der Waals surface area contributed by atoms with Gasteiger partial charge in [-0.1, -0.05) is 39.5 Å². The van der Waals surface area contributed by atoms with Crippen LogP contribution in [0, 0.1) is 0 Å². The largest absolute Gasteiger partial charge is 0.454 e. The third-order valence-corrected chi connectivity index (χ3v) is 3.39. The van der Waals surface area contributed by atoms with Gasteiger partial charge in [-0.05, 0) is 26.7 Å². The lowest BCUT2D eigenvalue weighted by Crippen LogP contribution is -2.35. The summed E-state index contributed by atoms with van der Waals surface area (Å²) < 4.78 is 10.2. The number of hydrogen-bond acceptors (Lipinski definition) is 5. The number of carbonyl (C=O) groups excluding carboxylic acids is 3. The van der Waals surface area contributed by atoms with Crippen molar-refractivity contribution in [1.82, 2.24) is 0 Å². The van der Waals surface area contributed by atoms with E-state index in [1.165, 1.54) is 13.8 Å². The summed E-state index contributed by atoms with van der Waals surface area (Å²) in [5, 5.41) is 0. The maximum absolute atomic E-state index is 12.0. The number of unbranched alkanes of at least 4 members (excludes halogenated alkanes) is 4. The first-order valence-corrected chi connectivity index (χ1v) is 8.35. The minimum absolute atomic E-state index is 0.316. The molecule has 0 N–H and O–H groups in total. The van der Waals surface area contributed by atoms with Crippen molar-refractivity contribution in [3.63, 3.8) is 0 Å². The zero-order valence-corrected chi connectivity index (χ0v) is 14.4. The van der Waals surface area contributed by atoms with E-state index in [-0.39, 0.29) is 17.7 Å². The normalized spacial score (nSPS) is 13.3. The molecule has 0 heterocycles. The number of rotatable bonds is 12. The third kappa shape index (κ3) is 9.53. The minimum Gasteiger partial charge on any atom is -0.454 e. The van der Waals surface area contributed by atoms with Crippen LogP contribution in [0.4, 0.5) is 0 Å². The third-order valence-electron chi connectivity index (χ3n) is 3.39.